The summed E-state index contributed by atoms with van der Waals surface area (Å²) in [4.78, 5) is 5.70. The Hall–Kier alpha value is -0.410. The molecule has 2 atom stereocenters. The molecule has 0 saturated heterocycles. The van der Waals surface area contributed by atoms with Crippen LogP contribution < -0.4 is 5.73 Å². The lowest BCUT2D eigenvalue weighted by molar-refractivity contribution is 0.559. The quantitative estimate of drug-likeness (QED) is 0.787. The fraction of sp³-hybridized carbons (Fsp3) is 0.700. The van der Waals surface area contributed by atoms with Crippen LogP contribution in [-0.4, -0.2) is 11.5 Å². The summed E-state index contributed by atoms with van der Waals surface area (Å²) in [5.41, 5.74) is 6.12. The Morgan fingerprint density at radius 1 is 1.62 bits per heavy atom. The molecular weight excluding hydrogens is 180 g/mol. The maximum Gasteiger partial charge on any atom is 0.0896 e. The average molecular weight is 196 g/mol. The van der Waals surface area contributed by atoms with Crippen LogP contribution in [0, 0.1) is 18.3 Å². The van der Waals surface area contributed by atoms with Crippen LogP contribution in [-0.2, 0) is 0 Å². The van der Waals surface area contributed by atoms with Crippen LogP contribution in [0.5, 0.6) is 0 Å². The summed E-state index contributed by atoms with van der Waals surface area (Å²) in [6.45, 7) is 7.45. The predicted octanol–water partition coefficient (Wildman–Crippen LogP) is 2.15. The van der Waals surface area contributed by atoms with E-state index in [0.29, 0.717) is 17.3 Å². The van der Waals surface area contributed by atoms with E-state index in [1.807, 2.05) is 17.5 Å². The Morgan fingerprint density at radius 3 is 2.69 bits per heavy atom. The molecule has 2 N–H and O–H groups in total. The molecule has 0 spiro atoms. The summed E-state index contributed by atoms with van der Waals surface area (Å²) in [6, 6.07) is 0. The monoisotopic (exact) mass is 196 g/mol. The summed E-state index contributed by atoms with van der Waals surface area (Å²) >= 11 is 1.81. The predicted molar refractivity (Wildman–Crippen MR) is 55.9 cm³/mol. The van der Waals surface area contributed by atoms with Crippen LogP contribution >= 0.6 is 11.3 Å². The lowest BCUT2D eigenvalue weighted by atomic mass is 10.1. The van der Waals surface area contributed by atoms with E-state index in [9.17, 15) is 0 Å². The van der Waals surface area contributed by atoms with E-state index in [1.165, 1.54) is 4.88 Å². The maximum atomic E-state index is 5.73. The zero-order valence-electron chi connectivity index (χ0n) is 8.37. The molecule has 2 nitrogen and oxygen atoms in total. The van der Waals surface area contributed by atoms with Gasteiger partial charge in [-0.25, -0.2) is 4.98 Å². The molecule has 0 aromatic carbocycles. The van der Waals surface area contributed by atoms with Crippen molar-refractivity contribution < 1.29 is 0 Å². The van der Waals surface area contributed by atoms with Gasteiger partial charge in [-0.3, -0.25) is 0 Å². The molecule has 0 amide bonds. The summed E-state index contributed by atoms with van der Waals surface area (Å²) in [5.74, 6) is 1.32. The van der Waals surface area contributed by atoms with Gasteiger partial charge in [-0.15, -0.1) is 11.3 Å². The second-order valence-electron chi connectivity index (χ2n) is 4.42. The van der Waals surface area contributed by atoms with E-state index >= 15 is 0 Å². The van der Waals surface area contributed by atoms with Gasteiger partial charge in [0, 0.05) is 17.0 Å². The first-order valence-corrected chi connectivity index (χ1v) is 5.51. The molecule has 1 heterocycles. The van der Waals surface area contributed by atoms with Gasteiger partial charge in [0.1, 0.15) is 0 Å². The van der Waals surface area contributed by atoms with Crippen molar-refractivity contribution in [3.63, 3.8) is 0 Å². The third-order valence-corrected chi connectivity index (χ3v) is 4.25. The van der Waals surface area contributed by atoms with Gasteiger partial charge in [-0.2, -0.15) is 0 Å². The van der Waals surface area contributed by atoms with Crippen LogP contribution in [0.2, 0.25) is 0 Å². The molecule has 0 radical (unpaired) electrons. The largest absolute Gasteiger partial charge is 0.330 e. The number of nitrogens with two attached hydrogens (primary N) is 1. The third-order valence-electron chi connectivity index (χ3n) is 3.25. The number of hydrogen-bond acceptors (Lipinski definition) is 3. The van der Waals surface area contributed by atoms with Crippen LogP contribution in [0.25, 0.3) is 0 Å². The van der Waals surface area contributed by atoms with Crippen LogP contribution in [0.1, 0.15) is 29.7 Å². The van der Waals surface area contributed by atoms with E-state index in [1.54, 1.807) is 0 Å². The minimum atomic E-state index is 0.397. The molecular formula is C10H16N2S. The van der Waals surface area contributed by atoms with Gasteiger partial charge in [-0.05, 0) is 24.8 Å². The lowest BCUT2D eigenvalue weighted by Gasteiger charge is -1.98. The molecule has 3 heteroatoms. The highest BCUT2D eigenvalue weighted by molar-refractivity contribution is 7.11. The van der Waals surface area contributed by atoms with Crippen molar-refractivity contribution in [2.75, 3.05) is 6.54 Å². The summed E-state index contributed by atoms with van der Waals surface area (Å²) in [6.07, 6.45) is 2.02. The van der Waals surface area contributed by atoms with Crippen molar-refractivity contribution in [2.24, 2.45) is 17.1 Å². The number of thiazole rings is 1. The van der Waals surface area contributed by atoms with E-state index in [0.717, 1.165) is 11.6 Å². The number of rotatable bonds is 2. The lowest BCUT2D eigenvalue weighted by Crippen LogP contribution is -2.05. The normalized spacial score (nSPS) is 30.5. The molecule has 0 bridgehead atoms. The summed E-state index contributed by atoms with van der Waals surface area (Å²) in [5, 5.41) is 1.16. The molecule has 72 valence electrons. The fourth-order valence-electron chi connectivity index (χ4n) is 2.27. The zero-order valence-corrected chi connectivity index (χ0v) is 9.19. The minimum Gasteiger partial charge on any atom is -0.330 e. The number of aryl methyl sites for hydroxylation is 1. The van der Waals surface area contributed by atoms with E-state index < -0.39 is 0 Å². The Morgan fingerprint density at radius 2 is 2.31 bits per heavy atom. The molecule has 1 fully saturated rings. The number of hydrogen-bond donors (Lipinski definition) is 1. The Balaban J connectivity index is 2.21. The smallest absolute Gasteiger partial charge is 0.0896 e. The van der Waals surface area contributed by atoms with Crippen molar-refractivity contribution in [1.29, 1.82) is 0 Å². The van der Waals surface area contributed by atoms with Gasteiger partial charge in [0.15, 0.2) is 0 Å². The number of aromatic nitrogens is 1. The van der Waals surface area contributed by atoms with Crippen LogP contribution in [0.4, 0.5) is 0 Å². The molecule has 1 aliphatic rings. The molecule has 2 rings (SSSR count). The Labute approximate surface area is 83.2 Å². The van der Waals surface area contributed by atoms with Crippen molar-refractivity contribution in [2.45, 2.75) is 26.7 Å². The molecule has 1 aromatic rings. The first kappa shape index (κ1) is 9.16. The van der Waals surface area contributed by atoms with Gasteiger partial charge in [0.05, 0.1) is 5.01 Å². The molecule has 1 saturated carbocycles. The Kier molecular flexibility index (Phi) is 1.96. The van der Waals surface area contributed by atoms with Crippen molar-refractivity contribution in [3.05, 3.63) is 16.1 Å². The zero-order chi connectivity index (χ0) is 9.64. The minimum absolute atomic E-state index is 0.397. The topological polar surface area (TPSA) is 38.9 Å². The third kappa shape index (κ3) is 1.30. The van der Waals surface area contributed by atoms with Crippen LogP contribution in [0.3, 0.4) is 0 Å². The SMILES string of the molecule is Cc1ncc([C@@H]2[C@@H](CN)C2(C)C)s1. The molecule has 0 aliphatic heterocycles. The first-order valence-electron chi connectivity index (χ1n) is 4.69. The van der Waals surface area contributed by atoms with Gasteiger partial charge < -0.3 is 5.73 Å². The molecule has 1 aliphatic carbocycles. The summed E-state index contributed by atoms with van der Waals surface area (Å²) < 4.78 is 0. The summed E-state index contributed by atoms with van der Waals surface area (Å²) in [7, 11) is 0. The Bertz CT molecular complexity index is 316. The molecule has 1 aromatic heterocycles. The van der Waals surface area contributed by atoms with E-state index in [4.69, 9.17) is 5.73 Å². The van der Waals surface area contributed by atoms with Crippen molar-refractivity contribution >= 4 is 11.3 Å². The van der Waals surface area contributed by atoms with Gasteiger partial charge in [-0.1, -0.05) is 13.8 Å². The van der Waals surface area contributed by atoms with Crippen LogP contribution in [0.15, 0.2) is 6.20 Å². The maximum absolute atomic E-state index is 5.73. The highest BCUT2D eigenvalue weighted by Crippen LogP contribution is 2.64. The van der Waals surface area contributed by atoms with Crippen molar-refractivity contribution in [3.8, 4) is 0 Å². The van der Waals surface area contributed by atoms with Gasteiger partial charge in [0.2, 0.25) is 0 Å². The second-order valence-corrected chi connectivity index (χ2v) is 5.69. The van der Waals surface area contributed by atoms with E-state index in [2.05, 4.69) is 25.8 Å². The first-order chi connectivity index (χ1) is 6.07. The van der Waals surface area contributed by atoms with Gasteiger partial charge in [0.25, 0.3) is 0 Å². The number of nitrogens with zero attached hydrogens (tertiary/aromatic N) is 1. The van der Waals surface area contributed by atoms with E-state index in [-0.39, 0.29) is 0 Å². The highest BCUT2D eigenvalue weighted by atomic mass is 32.1. The molecule has 13 heavy (non-hydrogen) atoms. The fourth-order valence-corrected chi connectivity index (χ4v) is 3.42. The highest BCUT2D eigenvalue weighted by Gasteiger charge is 2.57. The molecule has 0 unspecified atom stereocenters. The average Bonchev–Trinajstić information content (AvgIpc) is 2.41. The second kappa shape index (κ2) is 2.79. The standard InChI is InChI=1S/C10H16N2S/c1-6-12-5-8(13-6)9-7(4-11)10(9,2)3/h5,7,9H,4,11H2,1-3H3/t7-,9+/m1/s1. The van der Waals surface area contributed by atoms with Gasteiger partial charge >= 0.3 is 0 Å². The van der Waals surface area contributed by atoms with Crippen molar-refractivity contribution in [1.82, 2.24) is 4.98 Å².